The molecule has 1 fully saturated rings. The van der Waals surface area contributed by atoms with Crippen molar-refractivity contribution in [2.24, 2.45) is 5.92 Å². The number of amides is 1. The molecule has 0 aromatic heterocycles. The molecule has 1 heterocycles. The zero-order valence-corrected chi connectivity index (χ0v) is 17.8. The van der Waals surface area contributed by atoms with Crippen molar-refractivity contribution >= 4 is 21.9 Å². The average molecular weight is 432 g/mol. The number of hydrogen-bond acceptors (Lipinski definition) is 5. The van der Waals surface area contributed by atoms with Crippen LogP contribution in [-0.2, 0) is 24.3 Å². The van der Waals surface area contributed by atoms with Crippen LogP contribution in [-0.4, -0.2) is 61.8 Å². The molecule has 0 aliphatic carbocycles. The van der Waals surface area contributed by atoms with Gasteiger partial charge in [0.1, 0.15) is 28.7 Å². The molecule has 162 valence electrons. The zero-order valence-electron chi connectivity index (χ0n) is 16.9. The van der Waals surface area contributed by atoms with Crippen LogP contribution in [0, 0.1) is 17.6 Å². The Morgan fingerprint density at radius 2 is 1.79 bits per heavy atom. The van der Waals surface area contributed by atoms with Crippen LogP contribution in [0.1, 0.15) is 33.6 Å². The highest BCUT2D eigenvalue weighted by Gasteiger charge is 2.35. The number of carbonyl (C=O) groups excluding carboxylic acids is 2. The van der Waals surface area contributed by atoms with Crippen LogP contribution in [0.5, 0.6) is 0 Å². The van der Waals surface area contributed by atoms with E-state index < -0.39 is 44.0 Å². The maximum Gasteiger partial charge on any atom is 0.326 e. The Morgan fingerprint density at radius 1 is 1.21 bits per heavy atom. The van der Waals surface area contributed by atoms with Gasteiger partial charge in [-0.25, -0.2) is 17.2 Å². The van der Waals surface area contributed by atoms with E-state index in [1.807, 2.05) is 0 Å². The molecule has 1 aromatic rings. The molecule has 1 aromatic carbocycles. The largest absolute Gasteiger partial charge is 0.459 e. The number of carbonyl (C=O) groups is 2. The van der Waals surface area contributed by atoms with E-state index in [0.29, 0.717) is 6.07 Å². The lowest BCUT2D eigenvalue weighted by molar-refractivity contribution is -0.159. The quantitative estimate of drug-likeness (QED) is 0.666. The first-order valence-corrected chi connectivity index (χ1v) is 10.7. The first-order chi connectivity index (χ1) is 13.3. The van der Waals surface area contributed by atoms with Gasteiger partial charge in [0.2, 0.25) is 15.9 Å². The number of nitrogens with zero attached hydrogens (tertiary/aromatic N) is 2. The standard InChI is InChI=1S/C19H26F2N2O5S/c1-19(2,3)28-17(24)12-22(4)18(25)13-7-9-23(10-8-13)29(26,27)16-11-14(20)5-6-15(16)21/h5-6,11,13H,7-10,12H2,1-4H3. The number of esters is 1. The summed E-state index contributed by atoms with van der Waals surface area (Å²) in [6.07, 6.45) is 0.432. The molecule has 0 unspecified atom stereocenters. The van der Waals surface area contributed by atoms with E-state index in [0.717, 1.165) is 16.4 Å². The Kier molecular flexibility index (Phi) is 7.00. The molecule has 1 amide bonds. The highest BCUT2D eigenvalue weighted by atomic mass is 32.2. The first-order valence-electron chi connectivity index (χ1n) is 9.23. The van der Waals surface area contributed by atoms with Crippen LogP contribution in [0.3, 0.4) is 0 Å². The van der Waals surface area contributed by atoms with Crippen LogP contribution in [0.4, 0.5) is 8.78 Å². The number of likely N-dealkylation sites (N-methyl/N-ethyl adjacent to an activating group) is 1. The van der Waals surface area contributed by atoms with Crippen LogP contribution in [0.2, 0.25) is 0 Å². The highest BCUT2D eigenvalue weighted by Crippen LogP contribution is 2.26. The van der Waals surface area contributed by atoms with Gasteiger partial charge in [-0.2, -0.15) is 4.31 Å². The van der Waals surface area contributed by atoms with Crippen molar-refractivity contribution in [2.75, 3.05) is 26.7 Å². The SMILES string of the molecule is CN(CC(=O)OC(C)(C)C)C(=O)C1CCN(S(=O)(=O)c2cc(F)ccc2F)CC1. The summed E-state index contributed by atoms with van der Waals surface area (Å²) >= 11 is 0. The minimum absolute atomic E-state index is 0.00499. The van der Waals surface area contributed by atoms with Crippen LogP contribution in [0.15, 0.2) is 23.1 Å². The van der Waals surface area contributed by atoms with E-state index in [4.69, 9.17) is 4.74 Å². The lowest BCUT2D eigenvalue weighted by Crippen LogP contribution is -2.45. The second-order valence-electron chi connectivity index (χ2n) is 8.03. The topological polar surface area (TPSA) is 84.0 Å². The maximum absolute atomic E-state index is 13.9. The molecule has 1 saturated heterocycles. The first kappa shape index (κ1) is 23.2. The van der Waals surface area contributed by atoms with Gasteiger partial charge in [0.05, 0.1) is 0 Å². The Morgan fingerprint density at radius 3 is 2.34 bits per heavy atom. The van der Waals surface area contributed by atoms with Gasteiger partial charge in [-0.05, 0) is 51.8 Å². The predicted molar refractivity (Wildman–Crippen MR) is 101 cm³/mol. The van der Waals surface area contributed by atoms with Gasteiger partial charge in [0, 0.05) is 26.1 Å². The van der Waals surface area contributed by atoms with Crippen molar-refractivity contribution in [3.63, 3.8) is 0 Å². The zero-order chi connectivity index (χ0) is 22.0. The van der Waals surface area contributed by atoms with Crippen LogP contribution in [0.25, 0.3) is 0 Å². The molecule has 0 radical (unpaired) electrons. The van der Waals surface area contributed by atoms with E-state index in [2.05, 4.69) is 0 Å². The van der Waals surface area contributed by atoms with Crippen molar-refractivity contribution < 1.29 is 31.5 Å². The van der Waals surface area contributed by atoms with E-state index >= 15 is 0 Å². The number of hydrogen-bond donors (Lipinski definition) is 0. The number of piperidine rings is 1. The van der Waals surface area contributed by atoms with Crippen molar-refractivity contribution in [1.82, 2.24) is 9.21 Å². The Hall–Kier alpha value is -2.07. The smallest absolute Gasteiger partial charge is 0.326 e. The minimum Gasteiger partial charge on any atom is -0.459 e. The molecule has 7 nitrogen and oxygen atoms in total. The molecule has 0 N–H and O–H groups in total. The minimum atomic E-state index is -4.20. The lowest BCUT2D eigenvalue weighted by atomic mass is 9.97. The highest BCUT2D eigenvalue weighted by molar-refractivity contribution is 7.89. The second kappa shape index (κ2) is 8.74. The van der Waals surface area contributed by atoms with E-state index in [1.54, 1.807) is 20.8 Å². The van der Waals surface area contributed by atoms with Gasteiger partial charge in [-0.1, -0.05) is 0 Å². The number of ether oxygens (including phenoxy) is 1. The number of halogens is 2. The summed E-state index contributed by atoms with van der Waals surface area (Å²) in [5.41, 5.74) is -0.660. The molecular weight excluding hydrogens is 406 g/mol. The molecule has 1 aliphatic rings. The van der Waals surface area contributed by atoms with Crippen molar-refractivity contribution in [3.05, 3.63) is 29.8 Å². The fraction of sp³-hybridized carbons (Fsp3) is 0.579. The van der Waals surface area contributed by atoms with Gasteiger partial charge >= 0.3 is 5.97 Å². The molecule has 0 atom stereocenters. The molecule has 29 heavy (non-hydrogen) atoms. The fourth-order valence-corrected chi connectivity index (χ4v) is 4.66. The van der Waals surface area contributed by atoms with E-state index in [-0.39, 0.29) is 38.4 Å². The Bertz CT molecular complexity index is 875. The van der Waals surface area contributed by atoms with Crippen molar-refractivity contribution in [1.29, 1.82) is 0 Å². The van der Waals surface area contributed by atoms with Crippen molar-refractivity contribution in [3.8, 4) is 0 Å². The molecule has 10 heteroatoms. The molecule has 0 saturated carbocycles. The number of sulfonamides is 1. The monoisotopic (exact) mass is 432 g/mol. The fourth-order valence-electron chi connectivity index (χ4n) is 3.11. The normalized spacial score (nSPS) is 16.5. The van der Waals surface area contributed by atoms with Gasteiger partial charge in [-0.3, -0.25) is 9.59 Å². The third kappa shape index (κ3) is 5.96. The van der Waals surface area contributed by atoms with Gasteiger partial charge in [0.15, 0.2) is 0 Å². The molecule has 2 rings (SSSR count). The summed E-state index contributed by atoms with van der Waals surface area (Å²) in [5, 5.41) is 0. The number of benzene rings is 1. The molecular formula is C19H26F2N2O5S. The maximum atomic E-state index is 13.9. The van der Waals surface area contributed by atoms with Crippen LogP contribution < -0.4 is 0 Å². The predicted octanol–water partition coefficient (Wildman–Crippen LogP) is 2.17. The third-order valence-electron chi connectivity index (χ3n) is 4.48. The molecule has 0 bridgehead atoms. The van der Waals surface area contributed by atoms with Gasteiger partial charge in [0.25, 0.3) is 0 Å². The summed E-state index contributed by atoms with van der Waals surface area (Å²) in [7, 11) is -2.72. The summed E-state index contributed by atoms with van der Waals surface area (Å²) in [5.74, 6) is -3.16. The molecule has 1 aliphatic heterocycles. The van der Waals surface area contributed by atoms with Crippen LogP contribution >= 0.6 is 0 Å². The summed E-state index contributed by atoms with van der Waals surface area (Å²) in [4.78, 5) is 25.0. The average Bonchev–Trinajstić information content (AvgIpc) is 2.61. The summed E-state index contributed by atoms with van der Waals surface area (Å²) < 4.78 is 58.7. The van der Waals surface area contributed by atoms with Crippen molar-refractivity contribution in [2.45, 2.75) is 44.1 Å². The van der Waals surface area contributed by atoms with Gasteiger partial charge < -0.3 is 9.64 Å². The number of rotatable bonds is 5. The Balaban J connectivity index is 1.98. The summed E-state index contributed by atoms with van der Waals surface area (Å²) in [6.45, 7) is 4.96. The van der Waals surface area contributed by atoms with E-state index in [1.165, 1.54) is 11.9 Å². The third-order valence-corrected chi connectivity index (χ3v) is 6.39. The summed E-state index contributed by atoms with van der Waals surface area (Å²) in [6, 6.07) is 2.26. The Labute approximate surface area is 169 Å². The van der Waals surface area contributed by atoms with Gasteiger partial charge in [-0.15, -0.1) is 0 Å². The lowest BCUT2D eigenvalue weighted by Gasteiger charge is -2.32. The van der Waals surface area contributed by atoms with E-state index in [9.17, 15) is 26.8 Å². The molecule has 0 spiro atoms. The second-order valence-corrected chi connectivity index (χ2v) is 9.94.